The smallest absolute Gasteiger partial charge is 0.251 e. The topological polar surface area (TPSA) is 58.6 Å². The fourth-order valence-electron chi connectivity index (χ4n) is 3.40. The van der Waals surface area contributed by atoms with Crippen molar-refractivity contribution in [2.45, 2.75) is 37.8 Å². The Labute approximate surface area is 144 Å². The van der Waals surface area contributed by atoms with Gasteiger partial charge in [0.15, 0.2) is 0 Å². The lowest BCUT2D eigenvalue weighted by atomic mass is 9.90. The molecule has 1 N–H and O–H groups in total. The maximum Gasteiger partial charge on any atom is 0.251 e. The summed E-state index contributed by atoms with van der Waals surface area (Å²) in [4.78, 5) is 26.5. The highest BCUT2D eigenvalue weighted by molar-refractivity contribution is 9.10. The summed E-state index contributed by atoms with van der Waals surface area (Å²) in [5, 5.41) is 2.73. The van der Waals surface area contributed by atoms with Gasteiger partial charge in [-0.05, 0) is 31.0 Å². The third-order valence-corrected chi connectivity index (χ3v) is 5.03. The molecule has 2 aliphatic rings. The van der Waals surface area contributed by atoms with Crippen LogP contribution in [-0.2, 0) is 9.53 Å². The second kappa shape index (κ2) is 7.45. The van der Waals surface area contributed by atoms with Gasteiger partial charge >= 0.3 is 0 Å². The minimum Gasteiger partial charge on any atom is -0.374 e. The molecule has 1 aromatic carbocycles. The summed E-state index contributed by atoms with van der Waals surface area (Å²) in [7, 11) is 0. The van der Waals surface area contributed by atoms with Crippen LogP contribution in [0.3, 0.4) is 0 Å². The molecule has 1 saturated carbocycles. The average molecular weight is 381 g/mol. The summed E-state index contributed by atoms with van der Waals surface area (Å²) >= 11 is 3.34. The molecule has 1 heterocycles. The maximum atomic E-state index is 12.5. The Morgan fingerprint density at radius 1 is 1.30 bits per heavy atom. The molecule has 3 rings (SSSR count). The van der Waals surface area contributed by atoms with Gasteiger partial charge in [-0.3, -0.25) is 9.59 Å². The fourth-order valence-corrected chi connectivity index (χ4v) is 3.79. The first-order valence-corrected chi connectivity index (χ1v) is 8.89. The van der Waals surface area contributed by atoms with Crippen LogP contribution in [0.5, 0.6) is 0 Å². The van der Waals surface area contributed by atoms with Crippen LogP contribution in [-0.4, -0.2) is 48.6 Å². The Bertz CT molecular complexity index is 591. The van der Waals surface area contributed by atoms with E-state index in [9.17, 15) is 9.59 Å². The molecule has 5 nitrogen and oxygen atoms in total. The van der Waals surface area contributed by atoms with Crippen molar-refractivity contribution in [3.05, 3.63) is 34.3 Å². The van der Waals surface area contributed by atoms with Gasteiger partial charge < -0.3 is 15.0 Å². The van der Waals surface area contributed by atoms with E-state index in [2.05, 4.69) is 21.2 Å². The maximum absolute atomic E-state index is 12.5. The van der Waals surface area contributed by atoms with Crippen LogP contribution in [0, 0.1) is 0 Å². The normalized spacial score (nSPS) is 24.0. The zero-order valence-electron chi connectivity index (χ0n) is 13.0. The van der Waals surface area contributed by atoms with Crippen LogP contribution in [0.1, 0.15) is 36.0 Å². The van der Waals surface area contributed by atoms with Gasteiger partial charge in [-0.1, -0.05) is 34.8 Å². The summed E-state index contributed by atoms with van der Waals surface area (Å²) < 4.78 is 6.63. The first-order chi connectivity index (χ1) is 11.1. The lowest BCUT2D eigenvalue weighted by Crippen LogP contribution is -2.56. The van der Waals surface area contributed by atoms with Crippen LogP contribution in [0.2, 0.25) is 0 Å². The molecule has 0 bridgehead atoms. The second-order valence-corrected chi connectivity index (χ2v) is 6.96. The summed E-state index contributed by atoms with van der Waals surface area (Å²) in [6.07, 6.45) is 4.50. The van der Waals surface area contributed by atoms with E-state index in [0.717, 1.165) is 23.7 Å². The molecule has 2 amide bonds. The molecule has 1 aromatic rings. The van der Waals surface area contributed by atoms with Crippen LogP contribution in [0.15, 0.2) is 28.7 Å². The number of hydrogen-bond acceptors (Lipinski definition) is 3. The van der Waals surface area contributed by atoms with Crippen LogP contribution in [0.25, 0.3) is 0 Å². The minimum atomic E-state index is -0.229. The lowest BCUT2D eigenvalue weighted by molar-refractivity contribution is -0.148. The number of benzene rings is 1. The van der Waals surface area contributed by atoms with Gasteiger partial charge in [-0.2, -0.15) is 0 Å². The third-order valence-electron chi connectivity index (χ3n) is 4.54. The number of fused-ring (bicyclic) bond motifs is 1. The molecular formula is C17H21BrN2O3. The van der Waals surface area contributed by atoms with E-state index in [4.69, 9.17) is 4.74 Å². The summed E-state index contributed by atoms with van der Waals surface area (Å²) in [6, 6.07) is 7.31. The molecule has 1 aliphatic heterocycles. The molecule has 1 aliphatic carbocycles. The second-order valence-electron chi connectivity index (χ2n) is 6.04. The number of rotatable bonds is 3. The monoisotopic (exact) mass is 380 g/mol. The van der Waals surface area contributed by atoms with Gasteiger partial charge in [-0.15, -0.1) is 0 Å². The van der Waals surface area contributed by atoms with Gasteiger partial charge in [0.25, 0.3) is 5.91 Å². The van der Waals surface area contributed by atoms with Crippen molar-refractivity contribution in [1.82, 2.24) is 10.2 Å². The van der Waals surface area contributed by atoms with E-state index in [0.29, 0.717) is 18.7 Å². The van der Waals surface area contributed by atoms with E-state index in [1.54, 1.807) is 18.2 Å². The van der Waals surface area contributed by atoms with Crippen molar-refractivity contribution in [2.75, 3.05) is 19.7 Å². The Kier molecular flexibility index (Phi) is 5.33. The first kappa shape index (κ1) is 16.5. The highest BCUT2D eigenvalue weighted by Gasteiger charge is 2.36. The highest BCUT2D eigenvalue weighted by atomic mass is 79.9. The number of carbonyl (C=O) groups is 2. The van der Waals surface area contributed by atoms with Gasteiger partial charge in [0.1, 0.15) is 0 Å². The predicted octanol–water partition coefficient (Wildman–Crippen LogP) is 2.35. The third kappa shape index (κ3) is 3.93. The van der Waals surface area contributed by atoms with Gasteiger partial charge in [-0.25, -0.2) is 0 Å². The van der Waals surface area contributed by atoms with Crippen LogP contribution >= 0.6 is 15.9 Å². The quantitative estimate of drug-likeness (QED) is 0.875. The van der Waals surface area contributed by atoms with E-state index < -0.39 is 0 Å². The SMILES string of the molecule is O=C(NCC(=O)N1CCO[C@H]2CCCC[C@H]21)c1cccc(Br)c1. The number of hydrogen-bond donors (Lipinski definition) is 1. The Balaban J connectivity index is 1.57. The zero-order valence-corrected chi connectivity index (χ0v) is 14.5. The summed E-state index contributed by atoms with van der Waals surface area (Å²) in [6.45, 7) is 1.24. The number of morpholine rings is 1. The summed E-state index contributed by atoms with van der Waals surface area (Å²) in [5.41, 5.74) is 0.546. The molecular weight excluding hydrogens is 360 g/mol. The Morgan fingerprint density at radius 2 is 2.13 bits per heavy atom. The Hall–Kier alpha value is -1.40. The van der Waals surface area contributed by atoms with Crippen molar-refractivity contribution in [2.24, 2.45) is 0 Å². The molecule has 0 spiro atoms. The molecule has 0 aromatic heterocycles. The molecule has 124 valence electrons. The number of nitrogens with zero attached hydrogens (tertiary/aromatic N) is 1. The van der Waals surface area contributed by atoms with Crippen molar-refractivity contribution >= 4 is 27.7 Å². The van der Waals surface area contributed by atoms with Crippen molar-refractivity contribution in [3.8, 4) is 0 Å². The number of halogens is 1. The van der Waals surface area contributed by atoms with Crippen LogP contribution in [0.4, 0.5) is 0 Å². The minimum absolute atomic E-state index is 0.0199. The predicted molar refractivity (Wildman–Crippen MR) is 90.2 cm³/mol. The Morgan fingerprint density at radius 3 is 2.96 bits per heavy atom. The first-order valence-electron chi connectivity index (χ1n) is 8.10. The number of nitrogens with one attached hydrogen (secondary N) is 1. The van der Waals surface area contributed by atoms with Crippen molar-refractivity contribution in [1.29, 1.82) is 0 Å². The highest BCUT2D eigenvalue weighted by Crippen LogP contribution is 2.28. The van der Waals surface area contributed by atoms with E-state index in [-0.39, 0.29) is 30.5 Å². The van der Waals surface area contributed by atoms with Gasteiger partial charge in [0.05, 0.1) is 25.3 Å². The molecule has 0 unspecified atom stereocenters. The molecule has 2 atom stereocenters. The number of ether oxygens (including phenoxy) is 1. The molecule has 1 saturated heterocycles. The zero-order chi connectivity index (χ0) is 16.2. The lowest BCUT2D eigenvalue weighted by Gasteiger charge is -2.43. The van der Waals surface area contributed by atoms with E-state index in [1.165, 1.54) is 6.42 Å². The molecule has 6 heteroatoms. The molecule has 2 fully saturated rings. The van der Waals surface area contributed by atoms with E-state index in [1.807, 2.05) is 11.0 Å². The molecule has 0 radical (unpaired) electrons. The summed E-state index contributed by atoms with van der Waals surface area (Å²) in [5.74, 6) is -0.248. The molecule has 23 heavy (non-hydrogen) atoms. The van der Waals surface area contributed by atoms with Crippen LogP contribution < -0.4 is 5.32 Å². The van der Waals surface area contributed by atoms with E-state index >= 15 is 0 Å². The van der Waals surface area contributed by atoms with Crippen molar-refractivity contribution < 1.29 is 14.3 Å². The standard InChI is InChI=1S/C17H21BrN2O3/c18-13-5-3-4-12(10-13)17(22)19-11-16(21)20-8-9-23-15-7-2-1-6-14(15)20/h3-5,10,14-15H,1-2,6-9,11H2,(H,19,22)/t14-,15+/m1/s1. The average Bonchev–Trinajstić information content (AvgIpc) is 2.59. The van der Waals surface area contributed by atoms with Gasteiger partial charge in [0.2, 0.25) is 5.91 Å². The number of carbonyl (C=O) groups excluding carboxylic acids is 2. The largest absolute Gasteiger partial charge is 0.374 e. The van der Waals surface area contributed by atoms with Gasteiger partial charge in [0, 0.05) is 16.6 Å². The fraction of sp³-hybridized carbons (Fsp3) is 0.529. The van der Waals surface area contributed by atoms with Crippen molar-refractivity contribution in [3.63, 3.8) is 0 Å². The number of amides is 2.